The maximum atomic E-state index is 14.6. The highest BCUT2D eigenvalue weighted by atomic mass is 16.5. The van der Waals surface area contributed by atoms with Crippen LogP contribution >= 0.6 is 0 Å². The lowest BCUT2D eigenvalue weighted by atomic mass is 9.82. The monoisotopic (exact) mass is 625 g/mol. The van der Waals surface area contributed by atoms with E-state index in [0.29, 0.717) is 13.1 Å². The standard InChI is InChI=1S/C32H47N7O6/c1-6-38-28(42)22-13-10-16-39(22)32(38)17-23(30(44)45-5)37(19-32)29(43)25(31(2,3)4)36-27(41)24(20-11-8-7-9-12-20)35-26(40)21-18-33-14-15-34-21/h14-15,18,20,22-25H,6-13,16-17,19H2,1-5H3,(H,35,40)(H,36,41)/t22-,23-,24-,25?,32?/m0/s1. The lowest BCUT2D eigenvalue weighted by Gasteiger charge is -2.40. The van der Waals surface area contributed by atoms with E-state index in [9.17, 15) is 24.0 Å². The largest absolute Gasteiger partial charge is 0.467 e. The molecule has 5 atom stereocenters. The van der Waals surface area contributed by atoms with Gasteiger partial charge in [0.25, 0.3) is 5.91 Å². The molecule has 1 saturated carbocycles. The van der Waals surface area contributed by atoms with Gasteiger partial charge in [-0.25, -0.2) is 9.78 Å². The smallest absolute Gasteiger partial charge is 0.328 e. The zero-order valence-corrected chi connectivity index (χ0v) is 27.1. The first kappa shape index (κ1) is 32.8. The normalized spacial score (nSPS) is 26.9. The number of esters is 1. The molecular weight excluding hydrogens is 578 g/mol. The van der Waals surface area contributed by atoms with Gasteiger partial charge in [-0.15, -0.1) is 0 Å². The van der Waals surface area contributed by atoms with E-state index in [4.69, 9.17) is 4.74 Å². The lowest BCUT2D eigenvalue weighted by molar-refractivity contribution is -0.153. The highest BCUT2D eigenvalue weighted by Gasteiger charge is 2.64. The summed E-state index contributed by atoms with van der Waals surface area (Å²) in [5, 5.41) is 5.88. The number of methoxy groups -OCH3 is 1. The Bertz CT molecular complexity index is 1300. The van der Waals surface area contributed by atoms with Crippen LogP contribution < -0.4 is 10.6 Å². The molecule has 4 amide bonds. The van der Waals surface area contributed by atoms with Gasteiger partial charge in [-0.3, -0.25) is 29.1 Å². The summed E-state index contributed by atoms with van der Waals surface area (Å²) in [5.74, 6) is -2.02. The number of carbonyl (C=O) groups excluding carboxylic acids is 5. The van der Waals surface area contributed by atoms with Crippen LogP contribution in [-0.4, -0.2) is 111 Å². The molecule has 13 nitrogen and oxygen atoms in total. The molecule has 2 N–H and O–H groups in total. The van der Waals surface area contributed by atoms with Crippen LogP contribution in [0.5, 0.6) is 0 Å². The van der Waals surface area contributed by atoms with Gasteiger partial charge in [-0.1, -0.05) is 40.0 Å². The van der Waals surface area contributed by atoms with Crippen LogP contribution in [0.2, 0.25) is 0 Å². The van der Waals surface area contributed by atoms with Crippen LogP contribution in [0.3, 0.4) is 0 Å². The van der Waals surface area contributed by atoms with Gasteiger partial charge in [0.05, 0.1) is 25.9 Å². The molecule has 4 heterocycles. The van der Waals surface area contributed by atoms with E-state index in [0.717, 1.165) is 44.9 Å². The Kier molecular flexibility index (Phi) is 9.48. The number of fused-ring (bicyclic) bond motifs is 2. The van der Waals surface area contributed by atoms with E-state index in [-0.39, 0.29) is 36.5 Å². The van der Waals surface area contributed by atoms with E-state index in [1.54, 1.807) is 0 Å². The summed E-state index contributed by atoms with van der Waals surface area (Å²) in [6.45, 7) is 8.79. The summed E-state index contributed by atoms with van der Waals surface area (Å²) >= 11 is 0. The van der Waals surface area contributed by atoms with Gasteiger partial charge in [0.15, 0.2) is 0 Å². The molecule has 1 aliphatic carbocycles. The molecule has 45 heavy (non-hydrogen) atoms. The van der Waals surface area contributed by atoms with Crippen molar-refractivity contribution < 1.29 is 28.7 Å². The summed E-state index contributed by atoms with van der Waals surface area (Å²) in [4.78, 5) is 82.0. The van der Waals surface area contributed by atoms with Crippen LogP contribution in [0.15, 0.2) is 18.6 Å². The minimum atomic E-state index is -1.02. The van der Waals surface area contributed by atoms with Crippen molar-refractivity contribution in [1.29, 1.82) is 0 Å². The third-order valence-electron chi connectivity index (χ3n) is 10.1. The molecule has 2 unspecified atom stereocenters. The maximum absolute atomic E-state index is 14.6. The molecule has 1 aromatic heterocycles. The number of hydrogen-bond acceptors (Lipinski definition) is 9. The lowest BCUT2D eigenvalue weighted by Crippen LogP contribution is -2.62. The molecular formula is C32H47N7O6. The number of likely N-dealkylation sites (N-methyl/N-ethyl adjacent to an activating group) is 1. The first-order valence-corrected chi connectivity index (χ1v) is 16.3. The molecule has 246 valence electrons. The molecule has 4 fully saturated rings. The van der Waals surface area contributed by atoms with Gasteiger partial charge in [-0.05, 0) is 43.9 Å². The fraction of sp³-hybridized carbons (Fsp3) is 0.719. The molecule has 1 spiro atoms. The van der Waals surface area contributed by atoms with E-state index in [1.165, 1.54) is 30.6 Å². The number of nitrogens with one attached hydrogen (secondary N) is 2. The predicted octanol–water partition coefficient (Wildman–Crippen LogP) is 1.48. The minimum absolute atomic E-state index is 0.0303. The van der Waals surface area contributed by atoms with Crippen molar-refractivity contribution in [1.82, 2.24) is 35.3 Å². The Balaban J connectivity index is 1.43. The average molecular weight is 626 g/mol. The molecule has 13 heteroatoms. The number of likely N-dealkylation sites (tertiary alicyclic amines) is 1. The van der Waals surface area contributed by atoms with Crippen LogP contribution in [0, 0.1) is 11.3 Å². The SMILES string of the molecule is CCN1C(=O)[C@@H]2CCCN2C12C[C@@H](C(=O)OC)N(C(=O)C(NC(=O)[C@@H](NC(=O)c1cnccn1)C1CCCCC1)C(C)(C)C)C2. The minimum Gasteiger partial charge on any atom is -0.467 e. The number of aromatic nitrogens is 2. The van der Waals surface area contributed by atoms with Crippen molar-refractivity contribution >= 4 is 29.6 Å². The van der Waals surface area contributed by atoms with Crippen LogP contribution in [0.1, 0.15) is 89.5 Å². The maximum Gasteiger partial charge on any atom is 0.328 e. The topological polar surface area (TPSA) is 154 Å². The highest BCUT2D eigenvalue weighted by molar-refractivity contribution is 5.98. The third-order valence-corrected chi connectivity index (χ3v) is 10.1. The number of hydrogen-bond donors (Lipinski definition) is 2. The Morgan fingerprint density at radius 1 is 1.07 bits per heavy atom. The second-order valence-electron chi connectivity index (χ2n) is 13.9. The number of amides is 4. The Morgan fingerprint density at radius 2 is 1.80 bits per heavy atom. The second-order valence-corrected chi connectivity index (χ2v) is 13.9. The summed E-state index contributed by atoms with van der Waals surface area (Å²) in [7, 11) is 1.30. The van der Waals surface area contributed by atoms with Crippen LogP contribution in [0.4, 0.5) is 0 Å². The fourth-order valence-electron chi connectivity index (χ4n) is 7.90. The first-order chi connectivity index (χ1) is 21.4. The van der Waals surface area contributed by atoms with E-state index >= 15 is 0 Å². The predicted molar refractivity (Wildman–Crippen MR) is 163 cm³/mol. The molecule has 1 aromatic rings. The Hall–Kier alpha value is -3.61. The van der Waals surface area contributed by atoms with Gasteiger partial charge in [-0.2, -0.15) is 0 Å². The number of rotatable bonds is 8. The van der Waals surface area contributed by atoms with E-state index in [1.807, 2.05) is 32.6 Å². The zero-order chi connectivity index (χ0) is 32.5. The molecule has 0 radical (unpaired) electrons. The molecule has 3 aliphatic heterocycles. The van der Waals surface area contributed by atoms with Crippen molar-refractivity contribution in [3.8, 4) is 0 Å². The van der Waals surface area contributed by atoms with E-state index in [2.05, 4.69) is 25.5 Å². The molecule has 4 aliphatic rings. The van der Waals surface area contributed by atoms with Crippen molar-refractivity contribution in [2.75, 3.05) is 26.7 Å². The van der Waals surface area contributed by atoms with Gasteiger partial charge >= 0.3 is 5.97 Å². The summed E-state index contributed by atoms with van der Waals surface area (Å²) in [5.41, 5.74) is -1.46. The van der Waals surface area contributed by atoms with Crippen molar-refractivity contribution in [3.63, 3.8) is 0 Å². The third kappa shape index (κ3) is 6.15. The first-order valence-electron chi connectivity index (χ1n) is 16.3. The Morgan fingerprint density at radius 3 is 2.42 bits per heavy atom. The van der Waals surface area contributed by atoms with Crippen molar-refractivity contribution in [3.05, 3.63) is 24.3 Å². The van der Waals surface area contributed by atoms with Gasteiger partial charge in [0.1, 0.15) is 29.5 Å². The molecule has 3 saturated heterocycles. The van der Waals surface area contributed by atoms with E-state index < -0.39 is 52.9 Å². The Labute approximate surface area is 264 Å². The van der Waals surface area contributed by atoms with Gasteiger partial charge in [0.2, 0.25) is 17.7 Å². The quantitative estimate of drug-likeness (QED) is 0.409. The van der Waals surface area contributed by atoms with Crippen LogP contribution in [0.25, 0.3) is 0 Å². The number of carbonyl (C=O) groups is 5. The summed E-state index contributed by atoms with van der Waals surface area (Å²) < 4.78 is 5.17. The molecule has 5 rings (SSSR count). The highest BCUT2D eigenvalue weighted by Crippen LogP contribution is 2.46. The van der Waals surface area contributed by atoms with Gasteiger partial charge < -0.3 is 25.2 Å². The fourth-order valence-corrected chi connectivity index (χ4v) is 7.90. The molecule has 0 bridgehead atoms. The summed E-state index contributed by atoms with van der Waals surface area (Å²) in [6, 6.07) is -3.08. The number of ether oxygens (including phenoxy) is 1. The van der Waals surface area contributed by atoms with Gasteiger partial charge in [0, 0.05) is 31.9 Å². The number of nitrogens with zero attached hydrogens (tertiary/aromatic N) is 5. The summed E-state index contributed by atoms with van der Waals surface area (Å²) in [6.07, 6.45) is 10.6. The average Bonchev–Trinajstić information content (AvgIpc) is 3.73. The van der Waals surface area contributed by atoms with Crippen molar-refractivity contribution in [2.24, 2.45) is 11.3 Å². The zero-order valence-electron chi connectivity index (χ0n) is 27.1. The van der Waals surface area contributed by atoms with Crippen LogP contribution in [-0.2, 0) is 23.9 Å². The van der Waals surface area contributed by atoms with Crippen molar-refractivity contribution in [2.45, 2.75) is 109 Å². The second kappa shape index (κ2) is 13.0. The molecule has 0 aromatic carbocycles.